The highest BCUT2D eigenvalue weighted by Crippen LogP contribution is 2.45. The number of esters is 4. The molecule has 0 saturated heterocycles. The average molecular weight is 1300 g/mol. The molecular formula is C69H134O17P2. The maximum Gasteiger partial charge on any atom is 0.472 e. The standard InChI is InChI=1S/C69H134O17P2/c1-7-11-13-15-17-19-21-22-23-24-25-26-28-30-32-41-47-53-68(73)85-64(57-79-66(71)51-45-39-31-29-27-20-18-16-14-12-8-2)59-83-87(75,76)81-55-63(70)56-82-88(77,78)84-60-65(86-69(74)54-48-42-36-34-38-44-50-62(6)10-4)58-80-67(72)52-46-40-35-33-37-43-49-61(5)9-3/h61-65,70H,7-60H2,1-6H3,(H,75,76)(H,77,78)/t61?,62?,63-,64-,65-/m1/s1. The minimum absolute atomic E-state index is 0.102. The molecule has 0 rings (SSSR count). The second kappa shape index (κ2) is 61.3. The highest BCUT2D eigenvalue weighted by molar-refractivity contribution is 7.47. The van der Waals surface area contributed by atoms with E-state index in [1.165, 1.54) is 161 Å². The zero-order valence-corrected chi connectivity index (χ0v) is 58.8. The molecule has 19 heteroatoms. The van der Waals surface area contributed by atoms with E-state index in [1.54, 1.807) is 0 Å². The van der Waals surface area contributed by atoms with Crippen LogP contribution in [0.25, 0.3) is 0 Å². The van der Waals surface area contributed by atoms with Crippen molar-refractivity contribution in [2.45, 2.75) is 368 Å². The lowest BCUT2D eigenvalue weighted by molar-refractivity contribution is -0.161. The first-order valence-electron chi connectivity index (χ1n) is 36.1. The normalized spacial score (nSPS) is 14.8. The number of carbonyl (C=O) groups is 4. The molecule has 0 aromatic rings. The number of hydrogen-bond acceptors (Lipinski definition) is 15. The van der Waals surface area contributed by atoms with Crippen LogP contribution in [0.3, 0.4) is 0 Å². The van der Waals surface area contributed by atoms with Gasteiger partial charge >= 0.3 is 39.5 Å². The van der Waals surface area contributed by atoms with Gasteiger partial charge < -0.3 is 33.8 Å². The molecule has 0 aliphatic rings. The van der Waals surface area contributed by atoms with Gasteiger partial charge in [-0.15, -0.1) is 0 Å². The zero-order chi connectivity index (χ0) is 65.0. The quantitative estimate of drug-likeness (QED) is 0.0222. The molecule has 522 valence electrons. The molecule has 3 N–H and O–H groups in total. The minimum Gasteiger partial charge on any atom is -0.462 e. The summed E-state index contributed by atoms with van der Waals surface area (Å²) >= 11 is 0. The number of phosphoric ester groups is 2. The van der Waals surface area contributed by atoms with Crippen LogP contribution in [0.1, 0.15) is 350 Å². The molecule has 0 aliphatic carbocycles. The summed E-state index contributed by atoms with van der Waals surface area (Å²) in [6, 6.07) is 0. The van der Waals surface area contributed by atoms with Crippen molar-refractivity contribution in [3.05, 3.63) is 0 Å². The van der Waals surface area contributed by atoms with Crippen molar-refractivity contribution in [3.8, 4) is 0 Å². The summed E-state index contributed by atoms with van der Waals surface area (Å²) in [7, 11) is -9.90. The van der Waals surface area contributed by atoms with Crippen molar-refractivity contribution in [1.82, 2.24) is 0 Å². The largest absolute Gasteiger partial charge is 0.472 e. The molecule has 0 aromatic heterocycles. The summed E-state index contributed by atoms with van der Waals surface area (Å²) in [5, 5.41) is 10.6. The maximum absolute atomic E-state index is 13.0. The number of aliphatic hydroxyl groups excluding tert-OH is 1. The summed E-state index contributed by atoms with van der Waals surface area (Å²) in [5.41, 5.74) is 0. The predicted octanol–water partition coefficient (Wildman–Crippen LogP) is 19.6. The van der Waals surface area contributed by atoms with Gasteiger partial charge in [-0.05, 0) is 37.5 Å². The molecule has 0 spiro atoms. The van der Waals surface area contributed by atoms with Gasteiger partial charge in [-0.1, -0.05) is 298 Å². The Labute approximate surface area is 537 Å². The highest BCUT2D eigenvalue weighted by Gasteiger charge is 2.30. The fourth-order valence-corrected chi connectivity index (χ4v) is 11.9. The van der Waals surface area contributed by atoms with Gasteiger partial charge in [0.25, 0.3) is 0 Å². The predicted molar refractivity (Wildman–Crippen MR) is 354 cm³/mol. The Kier molecular flexibility index (Phi) is 59.9. The summed E-state index contributed by atoms with van der Waals surface area (Å²) in [5.74, 6) is -0.678. The molecule has 0 fully saturated rings. The Balaban J connectivity index is 5.23. The molecule has 0 aromatic carbocycles. The van der Waals surface area contributed by atoms with Crippen molar-refractivity contribution in [1.29, 1.82) is 0 Å². The molecule has 4 unspecified atom stereocenters. The molecule has 0 amide bonds. The van der Waals surface area contributed by atoms with Crippen LogP contribution in [-0.4, -0.2) is 96.7 Å². The van der Waals surface area contributed by atoms with Gasteiger partial charge in [0, 0.05) is 25.7 Å². The number of aliphatic hydroxyl groups is 1. The van der Waals surface area contributed by atoms with E-state index in [-0.39, 0.29) is 25.7 Å². The van der Waals surface area contributed by atoms with E-state index in [1.807, 2.05) is 0 Å². The number of unbranched alkanes of at least 4 members (excludes halogenated alkanes) is 36. The number of rotatable bonds is 68. The lowest BCUT2D eigenvalue weighted by atomic mass is 10.00. The summed E-state index contributed by atoms with van der Waals surface area (Å²) in [4.78, 5) is 72.4. The maximum atomic E-state index is 13.0. The average Bonchev–Trinajstić information content (AvgIpc) is 3.55. The van der Waals surface area contributed by atoms with Crippen LogP contribution in [0.2, 0.25) is 0 Å². The van der Waals surface area contributed by atoms with Gasteiger partial charge in [0.1, 0.15) is 19.3 Å². The van der Waals surface area contributed by atoms with Crippen LogP contribution < -0.4 is 0 Å². The molecule has 0 bridgehead atoms. The number of ether oxygens (including phenoxy) is 4. The van der Waals surface area contributed by atoms with Crippen molar-refractivity contribution in [2.75, 3.05) is 39.6 Å². The van der Waals surface area contributed by atoms with Gasteiger partial charge in [0.05, 0.1) is 26.4 Å². The third-order valence-electron chi connectivity index (χ3n) is 16.7. The highest BCUT2D eigenvalue weighted by atomic mass is 31.2. The lowest BCUT2D eigenvalue weighted by Gasteiger charge is -2.21. The number of phosphoric acid groups is 2. The molecule has 88 heavy (non-hydrogen) atoms. The van der Waals surface area contributed by atoms with Gasteiger partial charge in [0.2, 0.25) is 0 Å². The third-order valence-corrected chi connectivity index (χ3v) is 18.6. The number of carbonyl (C=O) groups excluding carboxylic acids is 4. The second-order valence-electron chi connectivity index (χ2n) is 25.4. The van der Waals surface area contributed by atoms with E-state index >= 15 is 0 Å². The first kappa shape index (κ1) is 86.1. The van der Waals surface area contributed by atoms with Crippen LogP contribution in [-0.2, 0) is 65.4 Å². The monoisotopic (exact) mass is 1300 g/mol. The van der Waals surface area contributed by atoms with Crippen molar-refractivity contribution < 1.29 is 80.2 Å². The minimum atomic E-state index is -4.95. The van der Waals surface area contributed by atoms with Crippen molar-refractivity contribution >= 4 is 39.5 Å². The molecule has 17 nitrogen and oxygen atoms in total. The van der Waals surface area contributed by atoms with Gasteiger partial charge in [-0.3, -0.25) is 37.3 Å². The Morgan fingerprint density at radius 2 is 0.545 bits per heavy atom. The Morgan fingerprint density at radius 1 is 0.318 bits per heavy atom. The molecule has 0 aliphatic heterocycles. The first-order valence-corrected chi connectivity index (χ1v) is 39.1. The third kappa shape index (κ3) is 60.3. The SMILES string of the molecule is CCCCCCCCCCCCCCCCCCCC(=O)O[C@H](COC(=O)CCCCCCCCCCCCC)COP(=O)(O)OC[C@@H](O)COP(=O)(O)OC[C@@H](COC(=O)CCCCCCCCC(C)CC)OC(=O)CCCCCCCCC(C)CC. The van der Waals surface area contributed by atoms with E-state index < -0.39 is 97.5 Å². The second-order valence-corrected chi connectivity index (χ2v) is 28.3. The zero-order valence-electron chi connectivity index (χ0n) is 57.0. The topological polar surface area (TPSA) is 237 Å². The Hall–Kier alpha value is -1.94. The fourth-order valence-electron chi connectivity index (χ4n) is 10.4. The van der Waals surface area contributed by atoms with E-state index in [0.717, 1.165) is 108 Å². The van der Waals surface area contributed by atoms with Crippen LogP contribution in [0.5, 0.6) is 0 Å². The first-order chi connectivity index (χ1) is 42.4. The molecule has 0 radical (unpaired) electrons. The van der Waals surface area contributed by atoms with Crippen LogP contribution >= 0.6 is 15.6 Å². The Bertz CT molecular complexity index is 1720. The molecule has 7 atom stereocenters. The summed E-state index contributed by atoms with van der Waals surface area (Å²) < 4.78 is 68.2. The molecule has 0 saturated carbocycles. The van der Waals surface area contributed by atoms with Crippen LogP contribution in [0.15, 0.2) is 0 Å². The number of hydrogen-bond donors (Lipinski definition) is 3. The smallest absolute Gasteiger partial charge is 0.462 e. The van der Waals surface area contributed by atoms with E-state index in [9.17, 15) is 43.2 Å². The summed E-state index contributed by atoms with van der Waals surface area (Å²) in [6.07, 6.45) is 45.9. The van der Waals surface area contributed by atoms with E-state index in [4.69, 9.17) is 37.0 Å². The van der Waals surface area contributed by atoms with Crippen LogP contribution in [0.4, 0.5) is 0 Å². The van der Waals surface area contributed by atoms with Crippen LogP contribution in [0, 0.1) is 11.8 Å². The molecular weight excluding hydrogens is 1160 g/mol. The van der Waals surface area contributed by atoms with Gasteiger partial charge in [0.15, 0.2) is 12.2 Å². The van der Waals surface area contributed by atoms with E-state index in [0.29, 0.717) is 25.7 Å². The van der Waals surface area contributed by atoms with Crippen molar-refractivity contribution in [2.24, 2.45) is 11.8 Å². The fraction of sp³-hybridized carbons (Fsp3) is 0.942. The van der Waals surface area contributed by atoms with Gasteiger partial charge in [-0.2, -0.15) is 0 Å². The lowest BCUT2D eigenvalue weighted by Crippen LogP contribution is -2.30. The van der Waals surface area contributed by atoms with Crippen molar-refractivity contribution in [3.63, 3.8) is 0 Å². The van der Waals surface area contributed by atoms with E-state index in [2.05, 4.69) is 41.5 Å². The summed E-state index contributed by atoms with van der Waals surface area (Å²) in [6.45, 7) is 9.45. The van der Waals surface area contributed by atoms with Gasteiger partial charge in [-0.25, -0.2) is 9.13 Å². The Morgan fingerprint density at radius 3 is 0.807 bits per heavy atom. The molecule has 0 heterocycles.